The molecule has 1 aromatic carbocycles. The molecule has 88 valence electrons. The quantitative estimate of drug-likeness (QED) is 0.848. The molecule has 2 N–H and O–H groups in total. The van der Waals surface area contributed by atoms with Crippen molar-refractivity contribution in [2.45, 2.75) is 38.8 Å². The second kappa shape index (κ2) is 4.98. The summed E-state index contributed by atoms with van der Waals surface area (Å²) in [6, 6.07) is 8.74. The Balaban J connectivity index is 2.10. The molecule has 3 unspecified atom stereocenters. The lowest BCUT2D eigenvalue weighted by Crippen LogP contribution is -2.21. The Labute approximate surface area is 97.8 Å². The van der Waals surface area contributed by atoms with Crippen LogP contribution in [0.5, 0.6) is 0 Å². The van der Waals surface area contributed by atoms with Crippen LogP contribution in [-0.4, -0.2) is 12.7 Å². The van der Waals surface area contributed by atoms with Crippen molar-refractivity contribution >= 4 is 0 Å². The van der Waals surface area contributed by atoms with Gasteiger partial charge in [-0.3, -0.25) is 0 Å². The minimum atomic E-state index is 0.122. The molecule has 1 fully saturated rings. The van der Waals surface area contributed by atoms with Gasteiger partial charge in [-0.1, -0.05) is 31.2 Å². The summed E-state index contributed by atoms with van der Waals surface area (Å²) in [4.78, 5) is 0. The van der Waals surface area contributed by atoms with E-state index in [1.807, 2.05) is 0 Å². The highest BCUT2D eigenvalue weighted by molar-refractivity contribution is 5.26. The van der Waals surface area contributed by atoms with Crippen LogP contribution >= 0.6 is 0 Å². The normalized spacial score (nSPS) is 26.9. The van der Waals surface area contributed by atoms with E-state index in [0.29, 0.717) is 12.0 Å². The van der Waals surface area contributed by atoms with Gasteiger partial charge in [-0.2, -0.15) is 0 Å². The molecular formula is C14H21NO. The van der Waals surface area contributed by atoms with Gasteiger partial charge in [0.25, 0.3) is 0 Å². The zero-order valence-electron chi connectivity index (χ0n) is 10.1. The summed E-state index contributed by atoms with van der Waals surface area (Å²) in [6.07, 6.45) is 2.51. The third-order valence-electron chi connectivity index (χ3n) is 3.48. The van der Waals surface area contributed by atoms with E-state index >= 15 is 0 Å². The van der Waals surface area contributed by atoms with Gasteiger partial charge in [0.05, 0.1) is 12.7 Å². The van der Waals surface area contributed by atoms with Gasteiger partial charge in [0.15, 0.2) is 0 Å². The number of hydrogen-bond donors (Lipinski definition) is 1. The number of nitrogens with two attached hydrogens (primary N) is 1. The molecule has 1 heterocycles. The number of ether oxygens (including phenoxy) is 1. The Bertz CT molecular complexity index is 350. The minimum Gasteiger partial charge on any atom is -0.378 e. The number of benzene rings is 1. The first kappa shape index (κ1) is 11.6. The lowest BCUT2D eigenvalue weighted by Gasteiger charge is -2.18. The predicted octanol–water partition coefficient (Wildman–Crippen LogP) is 2.67. The van der Waals surface area contributed by atoms with Crippen molar-refractivity contribution in [2.24, 2.45) is 11.7 Å². The van der Waals surface area contributed by atoms with Crippen molar-refractivity contribution in [1.29, 1.82) is 0 Å². The van der Waals surface area contributed by atoms with E-state index in [4.69, 9.17) is 10.5 Å². The molecule has 2 nitrogen and oxygen atoms in total. The first-order chi connectivity index (χ1) is 7.70. The first-order valence-corrected chi connectivity index (χ1v) is 6.16. The van der Waals surface area contributed by atoms with E-state index in [1.165, 1.54) is 11.1 Å². The molecule has 3 atom stereocenters. The molecule has 16 heavy (non-hydrogen) atoms. The van der Waals surface area contributed by atoms with Crippen LogP contribution in [-0.2, 0) is 11.2 Å². The maximum absolute atomic E-state index is 6.31. The van der Waals surface area contributed by atoms with Gasteiger partial charge in [-0.15, -0.1) is 0 Å². The molecular weight excluding hydrogens is 198 g/mol. The molecule has 0 aromatic heterocycles. The lowest BCUT2D eigenvalue weighted by molar-refractivity contribution is 0.118. The Kier molecular flexibility index (Phi) is 3.62. The van der Waals surface area contributed by atoms with E-state index in [-0.39, 0.29) is 6.04 Å². The highest BCUT2D eigenvalue weighted by Crippen LogP contribution is 2.30. The molecule has 1 aliphatic heterocycles. The minimum absolute atomic E-state index is 0.122. The van der Waals surface area contributed by atoms with E-state index in [2.05, 4.69) is 38.1 Å². The molecule has 1 aromatic rings. The second-order valence-corrected chi connectivity index (χ2v) is 4.76. The fraction of sp³-hybridized carbons (Fsp3) is 0.571. The lowest BCUT2D eigenvalue weighted by atomic mass is 9.91. The first-order valence-electron chi connectivity index (χ1n) is 6.16. The van der Waals surface area contributed by atoms with E-state index in [1.54, 1.807) is 0 Å². The van der Waals surface area contributed by atoms with Crippen LogP contribution in [0.3, 0.4) is 0 Å². The van der Waals surface area contributed by atoms with Crippen LogP contribution in [0.1, 0.15) is 37.4 Å². The van der Waals surface area contributed by atoms with Crippen molar-refractivity contribution in [1.82, 2.24) is 0 Å². The van der Waals surface area contributed by atoms with Crippen LogP contribution < -0.4 is 5.73 Å². The fourth-order valence-corrected chi connectivity index (χ4v) is 2.39. The van der Waals surface area contributed by atoms with Crippen molar-refractivity contribution in [3.8, 4) is 0 Å². The molecule has 0 bridgehead atoms. The Hall–Kier alpha value is -0.860. The van der Waals surface area contributed by atoms with Crippen molar-refractivity contribution in [2.75, 3.05) is 6.61 Å². The molecule has 1 aliphatic rings. The molecule has 2 rings (SSSR count). The zero-order valence-corrected chi connectivity index (χ0v) is 10.1. The van der Waals surface area contributed by atoms with Gasteiger partial charge in [-0.25, -0.2) is 0 Å². The number of rotatable bonds is 3. The molecule has 0 amide bonds. The number of hydrogen-bond acceptors (Lipinski definition) is 2. The highest BCUT2D eigenvalue weighted by atomic mass is 16.5. The average Bonchev–Trinajstić information content (AvgIpc) is 2.75. The van der Waals surface area contributed by atoms with Crippen LogP contribution in [0.25, 0.3) is 0 Å². The van der Waals surface area contributed by atoms with Crippen molar-refractivity contribution in [3.63, 3.8) is 0 Å². The SMILES string of the molecule is CCc1cccc(C(N)C2COC(C)C2)c1. The van der Waals surface area contributed by atoms with Gasteiger partial charge in [0.2, 0.25) is 0 Å². The van der Waals surface area contributed by atoms with Gasteiger partial charge >= 0.3 is 0 Å². The summed E-state index contributed by atoms with van der Waals surface area (Å²) in [5, 5.41) is 0. The van der Waals surface area contributed by atoms with Crippen molar-refractivity contribution < 1.29 is 4.74 Å². The third-order valence-corrected chi connectivity index (χ3v) is 3.48. The van der Waals surface area contributed by atoms with Crippen LogP contribution in [0.15, 0.2) is 24.3 Å². The van der Waals surface area contributed by atoms with Gasteiger partial charge in [0, 0.05) is 12.0 Å². The third kappa shape index (κ3) is 2.45. The standard InChI is InChI=1S/C14H21NO/c1-3-11-5-4-6-12(8-11)14(15)13-7-10(2)16-9-13/h4-6,8,10,13-14H,3,7,9,15H2,1-2H3. The smallest absolute Gasteiger partial charge is 0.0551 e. The zero-order chi connectivity index (χ0) is 11.5. The molecule has 2 heteroatoms. The number of aryl methyl sites for hydroxylation is 1. The van der Waals surface area contributed by atoms with E-state index in [9.17, 15) is 0 Å². The molecule has 0 radical (unpaired) electrons. The molecule has 0 aliphatic carbocycles. The Morgan fingerprint density at radius 3 is 2.94 bits per heavy atom. The molecule has 0 spiro atoms. The van der Waals surface area contributed by atoms with Gasteiger partial charge in [-0.05, 0) is 30.9 Å². The summed E-state index contributed by atoms with van der Waals surface area (Å²) < 4.78 is 5.58. The summed E-state index contributed by atoms with van der Waals surface area (Å²) >= 11 is 0. The van der Waals surface area contributed by atoms with Crippen LogP contribution in [0.4, 0.5) is 0 Å². The van der Waals surface area contributed by atoms with E-state index < -0.39 is 0 Å². The maximum Gasteiger partial charge on any atom is 0.0551 e. The maximum atomic E-state index is 6.31. The largest absolute Gasteiger partial charge is 0.378 e. The predicted molar refractivity (Wildman–Crippen MR) is 66.3 cm³/mol. The summed E-state index contributed by atoms with van der Waals surface area (Å²) in [6.45, 7) is 5.10. The molecule has 1 saturated heterocycles. The van der Waals surface area contributed by atoms with Crippen LogP contribution in [0.2, 0.25) is 0 Å². The fourth-order valence-electron chi connectivity index (χ4n) is 2.39. The van der Waals surface area contributed by atoms with Crippen LogP contribution in [0, 0.1) is 5.92 Å². The summed E-state index contributed by atoms with van der Waals surface area (Å²) in [5.74, 6) is 0.474. The Morgan fingerprint density at radius 1 is 1.50 bits per heavy atom. The van der Waals surface area contributed by atoms with Crippen molar-refractivity contribution in [3.05, 3.63) is 35.4 Å². The van der Waals surface area contributed by atoms with E-state index in [0.717, 1.165) is 19.4 Å². The highest BCUT2D eigenvalue weighted by Gasteiger charge is 2.28. The van der Waals surface area contributed by atoms with Gasteiger partial charge in [0.1, 0.15) is 0 Å². The summed E-state index contributed by atoms with van der Waals surface area (Å²) in [7, 11) is 0. The molecule has 0 saturated carbocycles. The topological polar surface area (TPSA) is 35.2 Å². The monoisotopic (exact) mass is 219 g/mol. The second-order valence-electron chi connectivity index (χ2n) is 4.76. The average molecular weight is 219 g/mol. The Morgan fingerprint density at radius 2 is 2.31 bits per heavy atom. The summed E-state index contributed by atoms with van der Waals surface area (Å²) in [5.41, 5.74) is 8.92. The van der Waals surface area contributed by atoms with Gasteiger partial charge < -0.3 is 10.5 Å².